The van der Waals surface area contributed by atoms with Gasteiger partial charge in [0.05, 0.1) is 32.0 Å². The molecule has 0 aromatic heterocycles. The molecular formula is C78H139NO13. The van der Waals surface area contributed by atoms with E-state index in [1.165, 1.54) is 205 Å². The summed E-state index contributed by atoms with van der Waals surface area (Å²) in [6, 6.07) is -0.917. The highest BCUT2D eigenvalue weighted by Gasteiger charge is 2.51. The van der Waals surface area contributed by atoms with Crippen LogP contribution in [0.3, 0.4) is 0 Å². The molecule has 92 heavy (non-hydrogen) atoms. The lowest BCUT2D eigenvalue weighted by Crippen LogP contribution is -2.65. The first-order valence-electron chi connectivity index (χ1n) is 37.8. The fourth-order valence-electron chi connectivity index (χ4n) is 12.1. The maximum absolute atomic E-state index is 13.4. The smallest absolute Gasteiger partial charge is 0.220 e. The Balaban J connectivity index is 1.59. The van der Waals surface area contributed by atoms with Crippen molar-refractivity contribution in [2.45, 2.75) is 383 Å². The first kappa shape index (κ1) is 85.3. The molecule has 0 spiro atoms. The molecule has 534 valence electrons. The van der Waals surface area contributed by atoms with Crippen LogP contribution in [0.4, 0.5) is 0 Å². The minimum Gasteiger partial charge on any atom is -0.394 e. The number of carbonyl (C=O) groups excluding carboxylic acids is 1. The summed E-state index contributed by atoms with van der Waals surface area (Å²) in [6.45, 7) is 2.72. The van der Waals surface area contributed by atoms with Crippen LogP contribution in [0.2, 0.25) is 0 Å². The van der Waals surface area contributed by atoms with E-state index in [-0.39, 0.29) is 18.9 Å². The van der Waals surface area contributed by atoms with E-state index in [0.29, 0.717) is 6.42 Å². The van der Waals surface area contributed by atoms with Crippen molar-refractivity contribution in [2.75, 3.05) is 19.8 Å². The zero-order valence-electron chi connectivity index (χ0n) is 58.3. The summed E-state index contributed by atoms with van der Waals surface area (Å²) in [7, 11) is 0. The minimum absolute atomic E-state index is 0.236. The van der Waals surface area contributed by atoms with Crippen molar-refractivity contribution >= 4 is 5.91 Å². The Bertz CT molecular complexity index is 1870. The first-order chi connectivity index (χ1) is 45.1. The van der Waals surface area contributed by atoms with Gasteiger partial charge in [-0.25, -0.2) is 0 Å². The Morgan fingerprint density at radius 1 is 0.402 bits per heavy atom. The molecule has 12 unspecified atom stereocenters. The highest BCUT2D eigenvalue weighted by atomic mass is 16.7. The van der Waals surface area contributed by atoms with Gasteiger partial charge in [0.2, 0.25) is 5.91 Å². The van der Waals surface area contributed by atoms with Crippen molar-refractivity contribution < 1.29 is 64.6 Å². The molecule has 2 aliphatic heterocycles. The Kier molecular flexibility index (Phi) is 57.2. The largest absolute Gasteiger partial charge is 0.394 e. The molecule has 12 atom stereocenters. The summed E-state index contributed by atoms with van der Waals surface area (Å²) in [5.74, 6) is -0.236. The number of hydrogen-bond donors (Lipinski definition) is 9. The monoisotopic (exact) mass is 1300 g/mol. The van der Waals surface area contributed by atoms with Crippen LogP contribution >= 0.6 is 0 Å². The van der Waals surface area contributed by atoms with Crippen LogP contribution in [0.25, 0.3) is 0 Å². The average Bonchev–Trinajstić information content (AvgIpc) is 1.05. The predicted octanol–water partition coefficient (Wildman–Crippen LogP) is 16.4. The van der Waals surface area contributed by atoms with Gasteiger partial charge in [-0.1, -0.05) is 317 Å². The van der Waals surface area contributed by atoms with Crippen molar-refractivity contribution in [1.82, 2.24) is 5.32 Å². The molecule has 2 aliphatic rings. The van der Waals surface area contributed by atoms with E-state index in [9.17, 15) is 45.6 Å². The summed E-state index contributed by atoms with van der Waals surface area (Å²) in [5, 5.41) is 87.5. The van der Waals surface area contributed by atoms with Crippen LogP contribution in [0, 0.1) is 0 Å². The number of hydrogen-bond acceptors (Lipinski definition) is 13. The number of unbranched alkanes of at least 4 members (excludes halogenated alkanes) is 37. The second-order valence-corrected chi connectivity index (χ2v) is 26.4. The third-order valence-electron chi connectivity index (χ3n) is 18.1. The minimum atomic E-state index is -1.79. The summed E-state index contributed by atoms with van der Waals surface area (Å²) in [5.41, 5.74) is 0. The third-order valence-corrected chi connectivity index (χ3v) is 18.1. The van der Waals surface area contributed by atoms with Crippen LogP contribution in [-0.4, -0.2) is 140 Å². The third kappa shape index (κ3) is 44.8. The molecule has 9 N–H and O–H groups in total. The number of allylic oxidation sites excluding steroid dienone is 13. The summed E-state index contributed by atoms with van der Waals surface area (Å²) in [6.07, 6.45) is 69.4. The van der Waals surface area contributed by atoms with E-state index in [4.69, 9.17) is 18.9 Å². The van der Waals surface area contributed by atoms with Gasteiger partial charge >= 0.3 is 0 Å². The van der Waals surface area contributed by atoms with Crippen LogP contribution in [0.15, 0.2) is 85.1 Å². The van der Waals surface area contributed by atoms with Crippen LogP contribution in [-0.2, 0) is 23.7 Å². The van der Waals surface area contributed by atoms with Crippen molar-refractivity contribution in [2.24, 2.45) is 0 Å². The highest BCUT2D eigenvalue weighted by molar-refractivity contribution is 5.76. The summed E-state index contributed by atoms with van der Waals surface area (Å²) < 4.78 is 22.9. The van der Waals surface area contributed by atoms with Crippen LogP contribution < -0.4 is 5.32 Å². The van der Waals surface area contributed by atoms with Crippen LogP contribution in [0.5, 0.6) is 0 Å². The maximum atomic E-state index is 13.4. The molecule has 2 heterocycles. The van der Waals surface area contributed by atoms with Crippen molar-refractivity contribution in [3.05, 3.63) is 85.1 Å². The normalized spacial score (nSPS) is 23.2. The van der Waals surface area contributed by atoms with Gasteiger partial charge in [0.15, 0.2) is 12.6 Å². The van der Waals surface area contributed by atoms with Gasteiger partial charge in [-0.2, -0.15) is 0 Å². The number of amides is 1. The number of rotatable bonds is 62. The Morgan fingerprint density at radius 2 is 0.750 bits per heavy atom. The molecule has 1 amide bonds. The van der Waals surface area contributed by atoms with Gasteiger partial charge in [0.25, 0.3) is 0 Å². The number of nitrogens with one attached hydrogen (secondary N) is 1. The Labute approximate surface area is 561 Å². The fraction of sp³-hybridized carbons (Fsp3) is 0.808. The average molecular weight is 1300 g/mol. The van der Waals surface area contributed by atoms with E-state index in [1.54, 1.807) is 6.08 Å². The fourth-order valence-corrected chi connectivity index (χ4v) is 12.1. The van der Waals surface area contributed by atoms with Gasteiger partial charge in [-0.15, -0.1) is 0 Å². The first-order valence-corrected chi connectivity index (χ1v) is 37.8. The number of ether oxygens (including phenoxy) is 4. The van der Waals surface area contributed by atoms with E-state index < -0.39 is 86.8 Å². The predicted molar refractivity (Wildman–Crippen MR) is 378 cm³/mol. The molecule has 0 bridgehead atoms. The van der Waals surface area contributed by atoms with E-state index >= 15 is 0 Å². The van der Waals surface area contributed by atoms with E-state index in [1.807, 2.05) is 6.08 Å². The standard InChI is InChI=1S/C78H139NO13/c1-3-5-7-9-11-13-15-17-19-21-23-24-25-26-27-28-29-30-31-32-33-34-35-36-37-38-39-40-41-42-44-46-48-50-52-54-56-58-60-62-70(83)79-66(67(82)61-59-57-55-53-51-49-47-45-43-22-20-18-16-14-12-10-8-6-4-2)65-89-77-75(88)73(86)76(69(64-81)91-77)92-78-74(87)72(85)71(84)68(63-80)90-78/h5,7,11,13,17,19,23-24,26-27,29-30,59,61,66-69,71-78,80-82,84-88H,3-4,6,8-10,12,14-16,18,20-22,25,28,31-58,60,62-65H2,1-2H3,(H,79,83)/b7-5-,13-11-,19-17-,24-23-,27-26-,30-29-,61-59+. The molecule has 0 saturated carbocycles. The van der Waals surface area contributed by atoms with Gasteiger partial charge in [0, 0.05) is 6.42 Å². The highest BCUT2D eigenvalue weighted by Crippen LogP contribution is 2.30. The molecule has 0 aromatic rings. The maximum Gasteiger partial charge on any atom is 0.220 e. The van der Waals surface area contributed by atoms with Gasteiger partial charge in [-0.05, 0) is 70.6 Å². The lowest BCUT2D eigenvalue weighted by Gasteiger charge is -2.46. The van der Waals surface area contributed by atoms with Crippen LogP contribution in [0.1, 0.15) is 309 Å². The lowest BCUT2D eigenvalue weighted by molar-refractivity contribution is -0.359. The molecule has 14 heteroatoms. The zero-order chi connectivity index (χ0) is 66.6. The second-order valence-electron chi connectivity index (χ2n) is 26.4. The molecule has 2 saturated heterocycles. The van der Waals surface area contributed by atoms with Crippen molar-refractivity contribution in [1.29, 1.82) is 0 Å². The topological polar surface area (TPSA) is 228 Å². The Morgan fingerprint density at radius 3 is 1.15 bits per heavy atom. The number of aliphatic hydroxyl groups is 8. The quantitative estimate of drug-likeness (QED) is 0.0204. The molecular weight excluding hydrogens is 1160 g/mol. The van der Waals surface area contributed by atoms with Gasteiger partial charge in [0.1, 0.15) is 48.8 Å². The van der Waals surface area contributed by atoms with Crippen molar-refractivity contribution in [3.63, 3.8) is 0 Å². The molecule has 0 radical (unpaired) electrons. The molecule has 2 fully saturated rings. The lowest BCUT2D eigenvalue weighted by atomic mass is 9.97. The molecule has 2 rings (SSSR count). The Hall–Kier alpha value is -2.83. The van der Waals surface area contributed by atoms with Gasteiger partial charge < -0.3 is 65.1 Å². The zero-order valence-corrected chi connectivity index (χ0v) is 58.3. The number of carbonyl (C=O) groups is 1. The summed E-state index contributed by atoms with van der Waals surface area (Å²) >= 11 is 0. The van der Waals surface area contributed by atoms with E-state index in [2.05, 4.69) is 92.1 Å². The molecule has 0 aliphatic carbocycles. The molecule has 0 aromatic carbocycles. The van der Waals surface area contributed by atoms with Gasteiger partial charge in [-0.3, -0.25) is 4.79 Å². The summed E-state index contributed by atoms with van der Waals surface area (Å²) in [4.78, 5) is 13.4. The number of aliphatic hydroxyl groups excluding tert-OH is 8. The molecule has 14 nitrogen and oxygen atoms in total. The van der Waals surface area contributed by atoms with E-state index in [0.717, 1.165) is 77.0 Å². The van der Waals surface area contributed by atoms with Crippen molar-refractivity contribution in [3.8, 4) is 0 Å². The SMILES string of the molecule is CC/C=C\C/C=C\C/C=C\C/C=C\C/C=C\C/C=C\CCCCCCCCCCCCCCCCCCCCCCC(=O)NC(COC1OC(CO)C(OC2OC(CO)C(O)C(O)C2O)C(O)C1O)C(O)/C=C/CCCCCCCCCCCCCCCCCCC. The second kappa shape index (κ2) is 61.7.